The molecule has 3 aromatic rings. The SMILES string of the molecule is CCc1ccc(N(C(C)=O)c2nc(CN3CCC[C@@H]3c3ccc4c(c3)OCCCO4)cs2)cc1. The van der Waals surface area contributed by atoms with E-state index >= 15 is 0 Å². The summed E-state index contributed by atoms with van der Waals surface area (Å²) in [7, 11) is 0. The summed E-state index contributed by atoms with van der Waals surface area (Å²) < 4.78 is 11.7. The van der Waals surface area contributed by atoms with Crippen LogP contribution < -0.4 is 14.4 Å². The average Bonchev–Trinajstić information content (AvgIpc) is 3.43. The molecular weight excluding hydrogens is 446 g/mol. The molecule has 0 N–H and O–H groups in total. The van der Waals surface area contributed by atoms with Gasteiger partial charge in [-0.2, -0.15) is 0 Å². The molecular formula is C27H31N3O3S. The number of carbonyl (C=O) groups is 1. The number of carbonyl (C=O) groups excluding carboxylic acids is 1. The van der Waals surface area contributed by atoms with Crippen LogP contribution in [0.5, 0.6) is 11.5 Å². The van der Waals surface area contributed by atoms with Gasteiger partial charge in [0, 0.05) is 31.3 Å². The Morgan fingerprint density at radius 3 is 2.68 bits per heavy atom. The molecule has 0 radical (unpaired) electrons. The third-order valence-corrected chi connectivity index (χ3v) is 7.41. The first-order chi connectivity index (χ1) is 16.6. The van der Waals surface area contributed by atoms with Gasteiger partial charge in [-0.1, -0.05) is 25.1 Å². The molecule has 0 spiro atoms. The molecule has 5 rings (SSSR count). The molecule has 1 fully saturated rings. The number of thiazole rings is 1. The predicted octanol–water partition coefficient (Wildman–Crippen LogP) is 5.89. The van der Waals surface area contributed by atoms with Crippen molar-refractivity contribution in [3.05, 3.63) is 64.7 Å². The minimum atomic E-state index is -0.0311. The van der Waals surface area contributed by atoms with Crippen LogP contribution >= 0.6 is 11.3 Å². The smallest absolute Gasteiger partial charge is 0.230 e. The van der Waals surface area contributed by atoms with E-state index < -0.39 is 0 Å². The quantitative estimate of drug-likeness (QED) is 0.443. The Morgan fingerprint density at radius 1 is 1.12 bits per heavy atom. The minimum Gasteiger partial charge on any atom is -0.490 e. The third kappa shape index (κ3) is 4.81. The first-order valence-electron chi connectivity index (χ1n) is 12.1. The van der Waals surface area contributed by atoms with E-state index in [1.54, 1.807) is 11.8 Å². The largest absolute Gasteiger partial charge is 0.490 e. The van der Waals surface area contributed by atoms with Crippen LogP contribution in [0.15, 0.2) is 47.8 Å². The number of likely N-dealkylation sites (tertiary alicyclic amines) is 1. The number of anilines is 2. The fourth-order valence-corrected chi connectivity index (χ4v) is 5.65. The Bertz CT molecular complexity index is 1140. The van der Waals surface area contributed by atoms with E-state index in [0.29, 0.717) is 19.3 Å². The van der Waals surface area contributed by atoms with Crippen molar-refractivity contribution in [2.24, 2.45) is 0 Å². The summed E-state index contributed by atoms with van der Waals surface area (Å²) in [4.78, 5) is 21.5. The lowest BCUT2D eigenvalue weighted by molar-refractivity contribution is -0.115. The lowest BCUT2D eigenvalue weighted by Gasteiger charge is -2.25. The van der Waals surface area contributed by atoms with Crippen LogP contribution in [-0.2, 0) is 17.8 Å². The van der Waals surface area contributed by atoms with Gasteiger partial charge < -0.3 is 9.47 Å². The maximum atomic E-state index is 12.5. The third-order valence-electron chi connectivity index (χ3n) is 6.53. The zero-order valence-electron chi connectivity index (χ0n) is 19.8. The maximum absolute atomic E-state index is 12.5. The van der Waals surface area contributed by atoms with Crippen LogP contribution in [0.3, 0.4) is 0 Å². The normalized spacial score (nSPS) is 18.0. The molecule has 0 bridgehead atoms. The summed E-state index contributed by atoms with van der Waals surface area (Å²) in [6.07, 6.45) is 4.15. The number of fused-ring (bicyclic) bond motifs is 1. The number of benzene rings is 2. The zero-order chi connectivity index (χ0) is 23.5. The molecule has 2 aliphatic heterocycles. The number of nitrogens with zero attached hydrogens (tertiary/aromatic N) is 3. The van der Waals surface area contributed by atoms with Gasteiger partial charge in [0.05, 0.1) is 24.6 Å². The standard InChI is InChI=1S/C27H31N3O3S/c1-3-20-7-10-23(11-8-20)30(19(2)31)27-28-22(18-34-27)17-29-13-4-6-24(29)21-9-12-25-26(16-21)33-15-5-14-32-25/h7-12,16,18,24H,3-6,13-15,17H2,1-2H3/t24-/m1/s1. The molecule has 2 aromatic carbocycles. The van der Waals surface area contributed by atoms with Gasteiger partial charge in [0.15, 0.2) is 16.6 Å². The average molecular weight is 478 g/mol. The topological polar surface area (TPSA) is 54.9 Å². The minimum absolute atomic E-state index is 0.0311. The van der Waals surface area contributed by atoms with Crippen LogP contribution in [0, 0.1) is 0 Å². The highest BCUT2D eigenvalue weighted by Gasteiger charge is 2.28. The summed E-state index contributed by atoms with van der Waals surface area (Å²) in [5, 5.41) is 2.80. The van der Waals surface area contributed by atoms with E-state index in [1.165, 1.54) is 22.5 Å². The van der Waals surface area contributed by atoms with Crippen molar-refractivity contribution in [3.8, 4) is 11.5 Å². The molecule has 6 nitrogen and oxygen atoms in total. The van der Waals surface area contributed by atoms with Crippen molar-refractivity contribution in [1.82, 2.24) is 9.88 Å². The zero-order valence-corrected chi connectivity index (χ0v) is 20.6. The first kappa shape index (κ1) is 22.9. The molecule has 2 aliphatic rings. The summed E-state index contributed by atoms with van der Waals surface area (Å²) >= 11 is 1.52. The van der Waals surface area contributed by atoms with Crippen LogP contribution in [0.2, 0.25) is 0 Å². The van der Waals surface area contributed by atoms with Gasteiger partial charge in [-0.15, -0.1) is 11.3 Å². The van der Waals surface area contributed by atoms with Gasteiger partial charge in [0.2, 0.25) is 5.91 Å². The van der Waals surface area contributed by atoms with Crippen molar-refractivity contribution in [2.75, 3.05) is 24.7 Å². The predicted molar refractivity (Wildman–Crippen MR) is 135 cm³/mol. The highest BCUT2D eigenvalue weighted by atomic mass is 32.1. The highest BCUT2D eigenvalue weighted by molar-refractivity contribution is 7.14. The lowest BCUT2D eigenvalue weighted by atomic mass is 10.0. The fraction of sp³-hybridized carbons (Fsp3) is 0.407. The van der Waals surface area contributed by atoms with E-state index in [1.807, 2.05) is 18.2 Å². The van der Waals surface area contributed by atoms with Crippen molar-refractivity contribution in [1.29, 1.82) is 0 Å². The van der Waals surface area contributed by atoms with Gasteiger partial charge in [-0.25, -0.2) is 4.98 Å². The van der Waals surface area contributed by atoms with Crippen LogP contribution in [-0.4, -0.2) is 35.5 Å². The Labute approximate surface area is 205 Å². The molecule has 1 aromatic heterocycles. The Hall–Kier alpha value is -2.90. The highest BCUT2D eigenvalue weighted by Crippen LogP contribution is 2.39. The number of ether oxygens (including phenoxy) is 2. The Morgan fingerprint density at radius 2 is 1.91 bits per heavy atom. The molecule has 1 atom stereocenters. The number of amides is 1. The second kappa shape index (κ2) is 10.2. The van der Waals surface area contributed by atoms with Gasteiger partial charge in [-0.3, -0.25) is 14.6 Å². The monoisotopic (exact) mass is 477 g/mol. The number of hydrogen-bond acceptors (Lipinski definition) is 6. The van der Waals surface area contributed by atoms with Crippen LogP contribution in [0.4, 0.5) is 10.8 Å². The van der Waals surface area contributed by atoms with E-state index in [-0.39, 0.29) is 5.91 Å². The number of hydrogen-bond donors (Lipinski definition) is 0. The van der Waals surface area contributed by atoms with E-state index in [0.717, 1.165) is 66.8 Å². The summed E-state index contributed by atoms with van der Waals surface area (Å²) in [5.41, 5.74) is 4.37. The molecule has 0 saturated carbocycles. The van der Waals surface area contributed by atoms with Gasteiger partial charge >= 0.3 is 0 Å². The van der Waals surface area contributed by atoms with Crippen LogP contribution in [0.25, 0.3) is 0 Å². The second-order valence-corrected chi connectivity index (χ2v) is 9.72. The van der Waals surface area contributed by atoms with Crippen LogP contribution in [0.1, 0.15) is 56.0 Å². The van der Waals surface area contributed by atoms with Gasteiger partial charge in [-0.05, 0) is 61.2 Å². The summed E-state index contributed by atoms with van der Waals surface area (Å²) in [6.45, 7) is 6.91. The summed E-state index contributed by atoms with van der Waals surface area (Å²) in [6, 6.07) is 14.8. The maximum Gasteiger partial charge on any atom is 0.230 e. The van der Waals surface area contributed by atoms with Crippen molar-refractivity contribution in [2.45, 2.75) is 52.1 Å². The number of rotatable bonds is 6. The Balaban J connectivity index is 1.33. The molecule has 1 saturated heterocycles. The Kier molecular flexibility index (Phi) is 6.83. The molecule has 3 heterocycles. The fourth-order valence-electron chi connectivity index (χ4n) is 4.77. The molecule has 7 heteroatoms. The lowest BCUT2D eigenvalue weighted by Crippen LogP contribution is -2.24. The van der Waals surface area contributed by atoms with Crippen molar-refractivity contribution >= 4 is 28.1 Å². The van der Waals surface area contributed by atoms with Crippen molar-refractivity contribution in [3.63, 3.8) is 0 Å². The van der Waals surface area contributed by atoms with E-state index in [4.69, 9.17) is 14.5 Å². The number of aromatic nitrogens is 1. The summed E-state index contributed by atoms with van der Waals surface area (Å²) in [5.74, 6) is 1.66. The molecule has 34 heavy (non-hydrogen) atoms. The molecule has 0 aliphatic carbocycles. The van der Waals surface area contributed by atoms with Gasteiger partial charge in [0.1, 0.15) is 0 Å². The van der Waals surface area contributed by atoms with Gasteiger partial charge in [0.25, 0.3) is 0 Å². The van der Waals surface area contributed by atoms with E-state index in [2.05, 4.69) is 41.5 Å². The molecule has 0 unspecified atom stereocenters. The number of aryl methyl sites for hydroxylation is 1. The first-order valence-corrected chi connectivity index (χ1v) is 13.0. The van der Waals surface area contributed by atoms with Crippen molar-refractivity contribution < 1.29 is 14.3 Å². The second-order valence-electron chi connectivity index (χ2n) is 8.88. The molecule has 178 valence electrons. The van der Waals surface area contributed by atoms with E-state index in [9.17, 15) is 4.79 Å². The molecule has 1 amide bonds.